The molecule has 1 heterocycles. The maximum atomic E-state index is 12.8. The van der Waals surface area contributed by atoms with Gasteiger partial charge in [0.1, 0.15) is 11.4 Å². The number of rotatable bonds is 3. The van der Waals surface area contributed by atoms with E-state index < -0.39 is 11.7 Å². The molecule has 0 unspecified atom stereocenters. The molecule has 1 aliphatic carbocycles. The highest BCUT2D eigenvalue weighted by Crippen LogP contribution is 2.25. The number of carbonyl (C=O) groups is 2. The normalized spacial score (nSPS) is 16.8. The molecular weight excluding hydrogens is 528 g/mol. The Bertz CT molecular complexity index is 1470. The maximum Gasteiger partial charge on any atom is 0.414 e. The number of benzene rings is 2. The Hall–Kier alpha value is -4.29. The molecule has 1 aromatic heterocycles. The number of alkyl carbamates (subject to hydrolysis) is 1. The fourth-order valence-corrected chi connectivity index (χ4v) is 4.64. The number of nitrogens with zero attached hydrogens (tertiary/aromatic N) is 1. The fraction of sp³-hybridized carbons (Fsp3) is 0.333. The van der Waals surface area contributed by atoms with E-state index in [-0.39, 0.29) is 24.0 Å². The number of guanidine groups is 1. The smallest absolute Gasteiger partial charge is 0.414 e. The number of hydrogen-bond donors (Lipinski definition) is 5. The zero-order valence-corrected chi connectivity index (χ0v) is 23.5. The summed E-state index contributed by atoms with van der Waals surface area (Å²) in [5.74, 6) is 6.30. The van der Waals surface area contributed by atoms with E-state index in [0.29, 0.717) is 22.0 Å². The van der Waals surface area contributed by atoms with Crippen LogP contribution >= 0.6 is 11.6 Å². The van der Waals surface area contributed by atoms with Gasteiger partial charge in [-0.25, -0.2) is 9.78 Å². The summed E-state index contributed by atoms with van der Waals surface area (Å²) in [7, 11) is 0. The van der Waals surface area contributed by atoms with Crippen molar-refractivity contribution in [2.75, 3.05) is 5.73 Å². The summed E-state index contributed by atoms with van der Waals surface area (Å²) >= 11 is 6.16. The van der Waals surface area contributed by atoms with Crippen molar-refractivity contribution in [3.63, 3.8) is 0 Å². The average molecular weight is 561 g/mol. The van der Waals surface area contributed by atoms with E-state index in [9.17, 15) is 9.59 Å². The van der Waals surface area contributed by atoms with Crippen molar-refractivity contribution < 1.29 is 14.3 Å². The van der Waals surface area contributed by atoms with E-state index in [2.05, 4.69) is 32.8 Å². The second-order valence-electron chi connectivity index (χ2n) is 10.7. The molecule has 6 N–H and O–H groups in total. The van der Waals surface area contributed by atoms with E-state index in [1.165, 1.54) is 0 Å². The Morgan fingerprint density at radius 2 is 1.68 bits per heavy atom. The SMILES string of the molecule is CC(C)(C)OC(=O)NC(=N)N[C@H]1CC[C@H](NC(=O)c2ccc(C#Cc3c(N)ncc4ccc(Cl)cc34)cc2)CC1. The minimum absolute atomic E-state index is 0.0340. The molecular formula is C30H33ClN6O3. The summed E-state index contributed by atoms with van der Waals surface area (Å²) in [4.78, 5) is 28.9. The third-order valence-electron chi connectivity index (χ3n) is 6.40. The number of nitrogens with two attached hydrogens (primary N) is 1. The van der Waals surface area contributed by atoms with Gasteiger partial charge in [0.15, 0.2) is 5.96 Å². The molecule has 1 fully saturated rings. The van der Waals surface area contributed by atoms with Crippen LogP contribution in [0.4, 0.5) is 10.6 Å². The number of aromatic nitrogens is 1. The number of fused-ring (bicyclic) bond motifs is 1. The molecule has 0 aliphatic heterocycles. The van der Waals surface area contributed by atoms with Gasteiger partial charge in [-0.15, -0.1) is 0 Å². The Kier molecular flexibility index (Phi) is 8.80. The number of halogens is 1. The van der Waals surface area contributed by atoms with Gasteiger partial charge >= 0.3 is 6.09 Å². The second-order valence-corrected chi connectivity index (χ2v) is 11.2. The van der Waals surface area contributed by atoms with Crippen LogP contribution in [0, 0.1) is 17.3 Å². The number of hydrogen-bond acceptors (Lipinski definition) is 6. The van der Waals surface area contributed by atoms with Crippen LogP contribution in [0.5, 0.6) is 0 Å². The van der Waals surface area contributed by atoms with Crippen molar-refractivity contribution in [1.29, 1.82) is 5.41 Å². The van der Waals surface area contributed by atoms with Crippen molar-refractivity contribution in [2.45, 2.75) is 64.1 Å². The first-order chi connectivity index (χ1) is 19.0. The van der Waals surface area contributed by atoms with Crippen molar-refractivity contribution in [3.8, 4) is 11.8 Å². The molecule has 3 aromatic rings. The zero-order chi connectivity index (χ0) is 28.9. The molecule has 208 valence electrons. The molecule has 40 heavy (non-hydrogen) atoms. The number of nitrogen functional groups attached to an aromatic ring is 1. The van der Waals surface area contributed by atoms with Crippen LogP contribution in [0.2, 0.25) is 5.02 Å². The van der Waals surface area contributed by atoms with Crippen molar-refractivity contribution in [2.24, 2.45) is 0 Å². The van der Waals surface area contributed by atoms with Crippen molar-refractivity contribution in [1.82, 2.24) is 20.9 Å². The van der Waals surface area contributed by atoms with Crippen LogP contribution in [0.1, 0.15) is 67.9 Å². The third-order valence-corrected chi connectivity index (χ3v) is 6.63. The molecule has 0 bridgehead atoms. The molecule has 10 heteroatoms. The van der Waals surface area contributed by atoms with Gasteiger partial charge in [0.05, 0.1) is 5.56 Å². The lowest BCUT2D eigenvalue weighted by Gasteiger charge is -2.30. The van der Waals surface area contributed by atoms with E-state index in [4.69, 9.17) is 27.5 Å². The summed E-state index contributed by atoms with van der Waals surface area (Å²) in [6.07, 6.45) is 4.07. The number of carbonyl (C=O) groups excluding carboxylic acids is 2. The lowest BCUT2D eigenvalue weighted by molar-refractivity contribution is 0.0560. The van der Waals surface area contributed by atoms with Crippen LogP contribution in [0.15, 0.2) is 48.7 Å². The highest BCUT2D eigenvalue weighted by atomic mass is 35.5. The van der Waals surface area contributed by atoms with Crippen LogP contribution in [0.25, 0.3) is 10.8 Å². The molecule has 0 saturated heterocycles. The van der Waals surface area contributed by atoms with Crippen molar-refractivity contribution in [3.05, 3.63) is 70.4 Å². The van der Waals surface area contributed by atoms with Gasteiger partial charge in [0, 0.05) is 45.2 Å². The molecule has 9 nitrogen and oxygen atoms in total. The third kappa shape index (κ3) is 7.87. The van der Waals surface area contributed by atoms with Gasteiger partial charge in [-0.2, -0.15) is 0 Å². The van der Waals surface area contributed by atoms with Crippen LogP contribution in [-0.4, -0.2) is 40.6 Å². The van der Waals surface area contributed by atoms with Gasteiger partial charge in [0.25, 0.3) is 5.91 Å². The Balaban J connectivity index is 1.28. The van der Waals surface area contributed by atoms with Gasteiger partial charge in [-0.3, -0.25) is 15.5 Å². The molecule has 0 atom stereocenters. The highest BCUT2D eigenvalue weighted by molar-refractivity contribution is 6.31. The number of ether oxygens (including phenoxy) is 1. The Labute approximate surface area is 238 Å². The summed E-state index contributed by atoms with van der Waals surface area (Å²) < 4.78 is 5.17. The number of pyridine rings is 1. The molecule has 1 aliphatic rings. The van der Waals surface area contributed by atoms with E-state index in [0.717, 1.165) is 42.0 Å². The summed E-state index contributed by atoms with van der Waals surface area (Å²) in [5, 5.41) is 18.8. The quantitative estimate of drug-likeness (QED) is 0.174. The molecule has 0 spiro atoms. The second kappa shape index (κ2) is 12.3. The largest absolute Gasteiger partial charge is 0.444 e. The standard InChI is InChI=1S/C30H33ClN6O3/c1-30(2,3)40-29(39)37-28(33)36-23-13-11-22(12-14-23)35-27(38)19-7-4-18(5-8-19)6-15-24-25-16-21(31)10-9-20(25)17-34-26(24)32/h4-5,7-10,16-17,22-23H,11-14H2,1-3H3,(H2,32,34)(H,35,38)(H3,33,36,37,39)/t22-,23-. The van der Waals surface area contributed by atoms with Crippen LogP contribution in [0.3, 0.4) is 0 Å². The van der Waals surface area contributed by atoms with Crippen LogP contribution < -0.4 is 21.7 Å². The van der Waals surface area contributed by atoms with E-state index in [1.807, 2.05) is 12.1 Å². The zero-order valence-electron chi connectivity index (χ0n) is 22.7. The maximum absolute atomic E-state index is 12.8. The first kappa shape index (κ1) is 28.7. The van der Waals surface area contributed by atoms with Gasteiger partial charge < -0.3 is 21.1 Å². The lowest BCUT2D eigenvalue weighted by Crippen LogP contribution is -2.49. The Morgan fingerprint density at radius 3 is 2.33 bits per heavy atom. The number of nitrogens with one attached hydrogen (secondary N) is 4. The average Bonchev–Trinajstić information content (AvgIpc) is 2.88. The monoisotopic (exact) mass is 560 g/mol. The van der Waals surface area contributed by atoms with Crippen LogP contribution in [-0.2, 0) is 4.74 Å². The minimum Gasteiger partial charge on any atom is -0.444 e. The van der Waals surface area contributed by atoms with E-state index >= 15 is 0 Å². The first-order valence-electron chi connectivity index (χ1n) is 13.1. The number of amides is 2. The predicted octanol–water partition coefficient (Wildman–Crippen LogP) is 4.96. The predicted molar refractivity (Wildman–Crippen MR) is 157 cm³/mol. The molecule has 2 aromatic carbocycles. The van der Waals surface area contributed by atoms with Gasteiger partial charge in [-0.05, 0) is 82.9 Å². The highest BCUT2D eigenvalue weighted by Gasteiger charge is 2.24. The Morgan fingerprint density at radius 1 is 1.02 bits per heavy atom. The number of anilines is 1. The van der Waals surface area contributed by atoms with Gasteiger partial charge in [0.2, 0.25) is 0 Å². The molecule has 1 saturated carbocycles. The summed E-state index contributed by atoms with van der Waals surface area (Å²) in [6.45, 7) is 5.29. The summed E-state index contributed by atoms with van der Waals surface area (Å²) in [5.41, 5.74) is 7.35. The minimum atomic E-state index is -0.664. The molecule has 0 radical (unpaired) electrons. The fourth-order valence-electron chi connectivity index (χ4n) is 4.47. The topological polar surface area (TPSA) is 142 Å². The van der Waals surface area contributed by atoms with E-state index in [1.54, 1.807) is 57.3 Å². The lowest BCUT2D eigenvalue weighted by atomic mass is 9.91. The van der Waals surface area contributed by atoms with Gasteiger partial charge in [-0.1, -0.05) is 29.5 Å². The van der Waals surface area contributed by atoms with Crippen molar-refractivity contribution >= 4 is 46.2 Å². The molecule has 4 rings (SSSR count). The summed E-state index contributed by atoms with van der Waals surface area (Å²) in [6, 6.07) is 12.7. The molecule has 2 amide bonds. The first-order valence-corrected chi connectivity index (χ1v) is 13.5.